The predicted molar refractivity (Wildman–Crippen MR) is 133 cm³/mol. The minimum atomic E-state index is -5.13. The highest BCUT2D eigenvalue weighted by molar-refractivity contribution is 7.49. The van der Waals surface area contributed by atoms with Crippen LogP contribution < -0.4 is 19.9 Å². The summed E-state index contributed by atoms with van der Waals surface area (Å²) in [6, 6.07) is 6.15. The van der Waals surface area contributed by atoms with Gasteiger partial charge in [-0.3, -0.25) is 0 Å². The summed E-state index contributed by atoms with van der Waals surface area (Å²) in [4.78, 5) is 0. The highest BCUT2D eigenvalue weighted by Gasteiger charge is 2.40. The molecule has 2 aromatic rings. The van der Waals surface area contributed by atoms with Crippen molar-refractivity contribution >= 4 is 19.0 Å². The summed E-state index contributed by atoms with van der Waals surface area (Å²) in [6.07, 6.45) is -2.62. The Bertz CT molecular complexity index is 986. The van der Waals surface area contributed by atoms with Gasteiger partial charge < -0.3 is 14.6 Å². The Morgan fingerprint density at radius 3 is 1.81 bits per heavy atom. The zero-order valence-corrected chi connectivity index (χ0v) is 21.9. The van der Waals surface area contributed by atoms with Crippen molar-refractivity contribution in [2.75, 3.05) is 13.2 Å². The number of ether oxygens (including phenoxy) is 2. The van der Waals surface area contributed by atoms with Crippen molar-refractivity contribution in [2.24, 2.45) is 0 Å². The van der Waals surface area contributed by atoms with E-state index in [4.69, 9.17) is 9.47 Å². The maximum Gasteiger partial charge on any atom is 0.416 e. The summed E-state index contributed by atoms with van der Waals surface area (Å²) in [5, 5.41) is 13.1. The Kier molecular flexibility index (Phi) is 12.2. The first-order chi connectivity index (χ1) is 17.5. The molecule has 0 atom stereocenters. The fourth-order valence-corrected chi connectivity index (χ4v) is 4.60. The van der Waals surface area contributed by atoms with E-state index in [2.05, 4.69) is 13.8 Å². The first kappa shape index (κ1) is 31.0. The van der Waals surface area contributed by atoms with Gasteiger partial charge in [0.05, 0.1) is 24.3 Å². The summed E-state index contributed by atoms with van der Waals surface area (Å²) in [7, 11) is -0.363. The third-order valence-corrected chi connectivity index (χ3v) is 6.60. The Morgan fingerprint density at radius 1 is 0.757 bits per heavy atom. The van der Waals surface area contributed by atoms with Gasteiger partial charge in [-0.2, -0.15) is 26.3 Å². The fourth-order valence-electron chi connectivity index (χ4n) is 3.64. The maximum absolute atomic E-state index is 13.5. The lowest BCUT2D eigenvalue weighted by molar-refractivity contribution is -0.209. The Labute approximate surface area is 215 Å². The normalized spacial score (nSPS) is 12.6. The number of hydrogen-bond donors (Lipinski definition) is 0. The van der Waals surface area contributed by atoms with Gasteiger partial charge in [-0.1, -0.05) is 66.6 Å². The van der Waals surface area contributed by atoms with Crippen LogP contribution in [0.4, 0.5) is 26.3 Å². The molecule has 0 aliphatic heterocycles. The number of alkyl halides is 6. The van der Waals surface area contributed by atoms with E-state index in [0.29, 0.717) is 37.2 Å². The summed E-state index contributed by atoms with van der Waals surface area (Å²) in [5.41, 5.74) is -5.94. The number of halogens is 6. The molecule has 0 amide bonds. The van der Waals surface area contributed by atoms with Crippen molar-refractivity contribution in [3.63, 3.8) is 0 Å². The van der Waals surface area contributed by atoms with Gasteiger partial charge in [-0.05, 0) is 42.7 Å². The van der Waals surface area contributed by atoms with E-state index in [9.17, 15) is 31.4 Å². The predicted octanol–water partition coefficient (Wildman–Crippen LogP) is 7.75. The molecular weight excluding hydrogens is 517 g/mol. The van der Waals surface area contributed by atoms with Crippen LogP contribution >= 0.6 is 8.20 Å². The Balaban J connectivity index is 2.44. The second-order valence-electron chi connectivity index (χ2n) is 8.59. The topological polar surface area (TPSA) is 41.5 Å². The van der Waals surface area contributed by atoms with Crippen molar-refractivity contribution in [2.45, 2.75) is 77.6 Å². The second-order valence-corrected chi connectivity index (χ2v) is 9.70. The molecule has 37 heavy (non-hydrogen) atoms. The van der Waals surface area contributed by atoms with Crippen LogP contribution in [0.15, 0.2) is 36.4 Å². The lowest BCUT2D eigenvalue weighted by Crippen LogP contribution is -2.27. The van der Waals surface area contributed by atoms with Crippen LogP contribution in [-0.2, 0) is 12.4 Å². The van der Waals surface area contributed by atoms with Crippen LogP contribution in [0.2, 0.25) is 0 Å². The van der Waals surface area contributed by atoms with Crippen molar-refractivity contribution in [1.82, 2.24) is 0 Å². The molecule has 206 valence electrons. The third-order valence-electron chi connectivity index (χ3n) is 5.56. The number of rotatable bonds is 14. The Morgan fingerprint density at radius 2 is 1.30 bits per heavy atom. The number of benzene rings is 2. The van der Waals surface area contributed by atoms with E-state index in [-0.39, 0.29) is 19.3 Å². The molecule has 0 bridgehead atoms. The molecule has 0 heterocycles. The summed E-state index contributed by atoms with van der Waals surface area (Å²) in [5.74, 6) is 0.661. The molecule has 0 saturated carbocycles. The van der Waals surface area contributed by atoms with Crippen LogP contribution in [0.1, 0.15) is 81.9 Å². The van der Waals surface area contributed by atoms with E-state index < -0.39 is 34.5 Å². The molecule has 3 nitrogen and oxygen atoms in total. The van der Waals surface area contributed by atoms with Crippen LogP contribution in [0.25, 0.3) is 0 Å². The molecular formula is C27H32F6O3P-. The molecule has 2 aromatic carbocycles. The number of unbranched alkanes of at least 4 members (excludes halogenated alkanes) is 6. The monoisotopic (exact) mass is 549 g/mol. The maximum atomic E-state index is 13.5. The van der Waals surface area contributed by atoms with Gasteiger partial charge in [0, 0.05) is 11.4 Å². The van der Waals surface area contributed by atoms with E-state index in [1.165, 1.54) is 12.1 Å². The molecule has 0 aromatic heterocycles. The summed E-state index contributed by atoms with van der Waals surface area (Å²) < 4.78 is 92.9. The van der Waals surface area contributed by atoms with Gasteiger partial charge >= 0.3 is 12.4 Å². The molecule has 0 N–H and O–H groups in total. The quantitative estimate of drug-likeness (QED) is 0.137. The standard InChI is InChI=1S/C27H33F6O3P/c1-3-5-7-9-16-35-19-14-15-23(22(18-19)36-17-10-8-6-4-2)37-25(34)24-20(26(28,29)30)12-11-13-21(24)27(31,32)33/h11-15,18,34H,3-10,16-17H2,1-2H3/p-1. The highest BCUT2D eigenvalue weighted by Crippen LogP contribution is 2.40. The zero-order valence-electron chi connectivity index (χ0n) is 21.0. The van der Waals surface area contributed by atoms with Gasteiger partial charge in [0.1, 0.15) is 11.5 Å². The van der Waals surface area contributed by atoms with Crippen molar-refractivity contribution in [3.05, 3.63) is 53.1 Å². The van der Waals surface area contributed by atoms with Gasteiger partial charge in [0.15, 0.2) is 0 Å². The van der Waals surface area contributed by atoms with E-state index in [1.54, 1.807) is 6.07 Å². The lowest BCUT2D eigenvalue weighted by atomic mass is 10.0. The number of hydrogen-bond acceptors (Lipinski definition) is 3. The average molecular weight is 550 g/mol. The molecule has 0 unspecified atom stereocenters. The molecule has 0 saturated heterocycles. The molecule has 0 aliphatic rings. The minimum Gasteiger partial charge on any atom is -0.823 e. The molecule has 0 spiro atoms. The van der Waals surface area contributed by atoms with Crippen molar-refractivity contribution in [3.8, 4) is 11.5 Å². The smallest absolute Gasteiger partial charge is 0.416 e. The van der Waals surface area contributed by atoms with Crippen molar-refractivity contribution in [1.29, 1.82) is 0 Å². The lowest BCUT2D eigenvalue weighted by Gasteiger charge is -2.23. The van der Waals surface area contributed by atoms with E-state index in [1.807, 2.05) is 0 Å². The van der Waals surface area contributed by atoms with Crippen LogP contribution in [0, 0.1) is 0 Å². The minimum absolute atomic E-state index is 0.170. The van der Waals surface area contributed by atoms with Crippen LogP contribution in [0.3, 0.4) is 0 Å². The van der Waals surface area contributed by atoms with Gasteiger partial charge in [-0.25, -0.2) is 0 Å². The van der Waals surface area contributed by atoms with E-state index in [0.717, 1.165) is 51.4 Å². The average Bonchev–Trinajstić information content (AvgIpc) is 2.83. The Hall–Kier alpha value is -2.25. The first-order valence-corrected chi connectivity index (χ1v) is 13.3. The fraction of sp³-hybridized carbons (Fsp3) is 0.519. The first-order valence-electron chi connectivity index (χ1n) is 12.4. The molecule has 0 fully saturated rings. The van der Waals surface area contributed by atoms with Gasteiger partial charge in [0.2, 0.25) is 0 Å². The summed E-state index contributed by atoms with van der Waals surface area (Å²) >= 11 is 0. The second kappa shape index (κ2) is 14.6. The van der Waals surface area contributed by atoms with Gasteiger partial charge in [0.25, 0.3) is 0 Å². The molecule has 2 rings (SSSR count). The largest absolute Gasteiger partial charge is 0.823 e. The molecule has 10 heteroatoms. The zero-order chi connectivity index (χ0) is 27.5. The van der Waals surface area contributed by atoms with Gasteiger partial charge in [-0.15, -0.1) is 5.48 Å². The van der Waals surface area contributed by atoms with Crippen molar-refractivity contribution < 1.29 is 40.9 Å². The third kappa shape index (κ3) is 9.86. The highest BCUT2D eigenvalue weighted by atomic mass is 31.1. The van der Waals surface area contributed by atoms with E-state index >= 15 is 0 Å². The van der Waals surface area contributed by atoms with Crippen LogP contribution in [0.5, 0.6) is 11.5 Å². The SMILES string of the molecule is CCCCCCOc1ccc(P=C([O-])c2c(C(F)(F)F)cccc2C(F)(F)F)c(OCCCCCC)c1. The molecule has 0 aliphatic carbocycles. The molecule has 0 radical (unpaired) electrons. The van der Waals surface area contributed by atoms with Crippen LogP contribution in [-0.4, -0.2) is 18.7 Å². The summed E-state index contributed by atoms with van der Waals surface area (Å²) in [6.45, 7) is 4.90.